The number of aryl methyl sites for hydroxylation is 1. The number of aromatic hydroxyl groups is 1. The Bertz CT molecular complexity index is 737. The molecule has 0 aliphatic heterocycles. The lowest BCUT2D eigenvalue weighted by Crippen LogP contribution is -2.12. The predicted octanol–water partition coefficient (Wildman–Crippen LogP) is 3.14. The van der Waals surface area contributed by atoms with Gasteiger partial charge in [0.25, 0.3) is 5.56 Å². The van der Waals surface area contributed by atoms with Gasteiger partial charge in [0, 0.05) is 11.3 Å². The molecule has 2 aromatic rings. The molecule has 0 aliphatic rings. The van der Waals surface area contributed by atoms with Gasteiger partial charge in [-0.05, 0) is 75.9 Å². The number of nitrogens with zero attached hydrogens (tertiary/aromatic N) is 1. The topological polar surface area (TPSA) is 76.9 Å². The van der Waals surface area contributed by atoms with E-state index in [2.05, 4.69) is 4.98 Å². The van der Waals surface area contributed by atoms with Crippen LogP contribution in [-0.4, -0.2) is 10.1 Å². The summed E-state index contributed by atoms with van der Waals surface area (Å²) in [6.07, 6.45) is 0. The van der Waals surface area contributed by atoms with Crippen molar-refractivity contribution in [2.45, 2.75) is 6.92 Å². The number of hydrogen-bond acceptors (Lipinski definition) is 3. The Morgan fingerprint density at radius 1 is 1.26 bits per heavy atom. The van der Waals surface area contributed by atoms with Crippen molar-refractivity contribution >= 4 is 45.2 Å². The number of aromatic nitrogens is 1. The van der Waals surface area contributed by atoms with Gasteiger partial charge in [-0.25, -0.2) is 0 Å². The van der Waals surface area contributed by atoms with E-state index in [4.69, 9.17) is 5.26 Å². The molecule has 0 bridgehead atoms. The SMILES string of the molecule is Cc1cc(-c2cc(I)c(O)c(I)c2)c(C#N)c(=O)[nH]1. The fraction of sp³-hybridized carbons (Fsp3) is 0.0769. The standard InChI is InChI=1S/C13H8I2N2O2/c1-6-2-8(9(5-16)13(19)17-6)7-3-10(14)12(18)11(15)4-7/h2-4,18H,1H3,(H,17,19). The lowest BCUT2D eigenvalue weighted by molar-refractivity contribution is 0.468. The van der Waals surface area contributed by atoms with E-state index in [1.807, 2.05) is 51.3 Å². The highest BCUT2D eigenvalue weighted by atomic mass is 127. The first kappa shape index (κ1) is 14.3. The van der Waals surface area contributed by atoms with Crippen molar-refractivity contribution in [1.29, 1.82) is 5.26 Å². The minimum absolute atomic E-state index is 0.0860. The molecule has 2 rings (SSSR count). The van der Waals surface area contributed by atoms with Crippen molar-refractivity contribution in [3.8, 4) is 22.9 Å². The zero-order valence-corrected chi connectivity index (χ0v) is 14.1. The summed E-state index contributed by atoms with van der Waals surface area (Å²) in [5.41, 5.74) is 1.72. The summed E-state index contributed by atoms with van der Waals surface area (Å²) in [6, 6.07) is 7.21. The number of phenolic OH excluding ortho intramolecular Hbond substituents is 1. The van der Waals surface area contributed by atoms with Gasteiger partial charge >= 0.3 is 0 Å². The molecule has 0 saturated heterocycles. The van der Waals surface area contributed by atoms with E-state index in [0.29, 0.717) is 18.4 Å². The molecule has 0 saturated carbocycles. The molecule has 1 heterocycles. The molecule has 96 valence electrons. The summed E-state index contributed by atoms with van der Waals surface area (Å²) in [5.74, 6) is 0.213. The highest BCUT2D eigenvalue weighted by Crippen LogP contribution is 2.32. The van der Waals surface area contributed by atoms with Crippen LogP contribution >= 0.6 is 45.2 Å². The Hall–Kier alpha value is -1.08. The second-order valence-electron chi connectivity index (χ2n) is 3.97. The minimum Gasteiger partial charge on any atom is -0.506 e. The van der Waals surface area contributed by atoms with Crippen molar-refractivity contribution in [2.75, 3.05) is 0 Å². The van der Waals surface area contributed by atoms with Crippen LogP contribution in [-0.2, 0) is 0 Å². The van der Waals surface area contributed by atoms with Gasteiger partial charge in [-0.1, -0.05) is 0 Å². The average molecular weight is 478 g/mol. The second-order valence-corrected chi connectivity index (χ2v) is 6.29. The number of halogens is 2. The van der Waals surface area contributed by atoms with Gasteiger partial charge in [0.2, 0.25) is 0 Å². The molecule has 0 unspecified atom stereocenters. The van der Waals surface area contributed by atoms with Crippen LogP contribution < -0.4 is 5.56 Å². The summed E-state index contributed by atoms with van der Waals surface area (Å²) in [6.45, 7) is 1.77. The highest BCUT2D eigenvalue weighted by Gasteiger charge is 2.13. The highest BCUT2D eigenvalue weighted by molar-refractivity contribution is 14.1. The van der Waals surface area contributed by atoms with Gasteiger partial charge in [0.05, 0.1) is 7.14 Å². The van der Waals surface area contributed by atoms with E-state index in [1.165, 1.54) is 0 Å². The molecular weight excluding hydrogens is 470 g/mol. The van der Waals surface area contributed by atoms with Gasteiger partial charge in [-0.2, -0.15) is 5.26 Å². The number of rotatable bonds is 1. The summed E-state index contributed by atoms with van der Waals surface area (Å²) in [7, 11) is 0. The van der Waals surface area contributed by atoms with Crippen molar-refractivity contribution < 1.29 is 5.11 Å². The van der Waals surface area contributed by atoms with E-state index in [-0.39, 0.29) is 11.3 Å². The largest absolute Gasteiger partial charge is 0.506 e. The molecule has 0 aliphatic carbocycles. The minimum atomic E-state index is -0.393. The Balaban J connectivity index is 2.80. The number of nitriles is 1. The molecule has 1 aromatic heterocycles. The van der Waals surface area contributed by atoms with Crippen molar-refractivity contribution in [3.05, 3.63) is 47.0 Å². The molecule has 0 atom stereocenters. The third kappa shape index (κ3) is 2.76. The number of H-pyrrole nitrogens is 1. The summed E-state index contributed by atoms with van der Waals surface area (Å²) in [4.78, 5) is 14.4. The first-order chi connectivity index (χ1) is 8.93. The van der Waals surface area contributed by atoms with Gasteiger partial charge in [0.1, 0.15) is 17.4 Å². The van der Waals surface area contributed by atoms with E-state index in [9.17, 15) is 9.90 Å². The molecule has 1 aromatic carbocycles. The zero-order chi connectivity index (χ0) is 14.2. The van der Waals surface area contributed by atoms with Crippen molar-refractivity contribution in [1.82, 2.24) is 4.98 Å². The molecule has 6 heteroatoms. The average Bonchev–Trinajstić information content (AvgIpc) is 2.34. The fourth-order valence-corrected chi connectivity index (χ4v) is 3.52. The van der Waals surface area contributed by atoms with Crippen LogP contribution in [0.5, 0.6) is 5.75 Å². The van der Waals surface area contributed by atoms with Crippen LogP contribution in [0, 0.1) is 25.4 Å². The van der Waals surface area contributed by atoms with Gasteiger partial charge < -0.3 is 10.1 Å². The zero-order valence-electron chi connectivity index (χ0n) is 9.79. The van der Waals surface area contributed by atoms with E-state index >= 15 is 0 Å². The van der Waals surface area contributed by atoms with Gasteiger partial charge in [-0.15, -0.1) is 0 Å². The molecule has 4 nitrogen and oxygen atoms in total. The lowest BCUT2D eigenvalue weighted by Gasteiger charge is -2.08. The number of hydrogen-bond donors (Lipinski definition) is 2. The van der Waals surface area contributed by atoms with E-state index in [1.54, 1.807) is 25.1 Å². The third-order valence-corrected chi connectivity index (χ3v) is 4.25. The van der Waals surface area contributed by atoms with E-state index < -0.39 is 5.56 Å². The Kier molecular flexibility index (Phi) is 4.15. The van der Waals surface area contributed by atoms with Crippen molar-refractivity contribution in [2.24, 2.45) is 0 Å². The predicted molar refractivity (Wildman–Crippen MR) is 89.0 cm³/mol. The third-order valence-electron chi connectivity index (χ3n) is 2.61. The molecular formula is C13H8I2N2O2. The van der Waals surface area contributed by atoms with Crippen molar-refractivity contribution in [3.63, 3.8) is 0 Å². The maximum atomic E-state index is 11.8. The summed E-state index contributed by atoms with van der Waals surface area (Å²) >= 11 is 4.04. The smallest absolute Gasteiger partial charge is 0.266 e. The van der Waals surface area contributed by atoms with Gasteiger partial charge in [-0.3, -0.25) is 4.79 Å². The number of pyridine rings is 1. The van der Waals surface area contributed by atoms with Crippen LogP contribution in [0.1, 0.15) is 11.3 Å². The first-order valence-corrected chi connectivity index (χ1v) is 7.42. The molecule has 0 fully saturated rings. The van der Waals surface area contributed by atoms with E-state index in [0.717, 1.165) is 5.56 Å². The van der Waals surface area contributed by atoms with Crippen LogP contribution in [0.25, 0.3) is 11.1 Å². The maximum Gasteiger partial charge on any atom is 0.266 e. The van der Waals surface area contributed by atoms with Crippen LogP contribution in [0.2, 0.25) is 0 Å². The molecule has 0 radical (unpaired) electrons. The second kappa shape index (κ2) is 5.50. The monoisotopic (exact) mass is 478 g/mol. The number of benzene rings is 1. The number of aromatic amines is 1. The molecule has 0 spiro atoms. The fourth-order valence-electron chi connectivity index (χ4n) is 1.75. The van der Waals surface area contributed by atoms with Crippen LogP contribution in [0.3, 0.4) is 0 Å². The Labute approximate surface area is 136 Å². The quantitative estimate of drug-likeness (QED) is 0.619. The molecule has 2 N–H and O–H groups in total. The lowest BCUT2D eigenvalue weighted by atomic mass is 10.0. The Morgan fingerprint density at radius 3 is 2.37 bits per heavy atom. The number of phenols is 1. The summed E-state index contributed by atoms with van der Waals surface area (Å²) < 4.78 is 1.36. The number of nitrogens with one attached hydrogen (secondary N) is 1. The first-order valence-electron chi connectivity index (χ1n) is 5.26. The van der Waals surface area contributed by atoms with Gasteiger partial charge in [0.15, 0.2) is 0 Å². The maximum absolute atomic E-state index is 11.8. The van der Waals surface area contributed by atoms with Crippen LogP contribution in [0.4, 0.5) is 0 Å². The van der Waals surface area contributed by atoms with Crippen LogP contribution in [0.15, 0.2) is 23.0 Å². The normalized spacial score (nSPS) is 10.2. The summed E-state index contributed by atoms with van der Waals surface area (Å²) in [5, 5.41) is 18.9. The molecule has 0 amide bonds. The Morgan fingerprint density at radius 2 is 1.84 bits per heavy atom. The molecule has 19 heavy (non-hydrogen) atoms.